The second-order valence-electron chi connectivity index (χ2n) is 6.61. The Morgan fingerprint density at radius 3 is 2.50 bits per heavy atom. The number of furan rings is 1. The van der Waals surface area contributed by atoms with Gasteiger partial charge in [0.1, 0.15) is 0 Å². The second-order valence-corrected chi connectivity index (χ2v) is 7.68. The van der Waals surface area contributed by atoms with E-state index < -0.39 is 11.9 Å². The first-order valence-electron chi connectivity index (χ1n) is 8.40. The molecule has 2 aliphatic rings. The van der Waals surface area contributed by atoms with Crippen molar-refractivity contribution in [2.45, 2.75) is 53.6 Å². The Hall–Kier alpha value is -1.93. The molecule has 0 aliphatic carbocycles. The van der Waals surface area contributed by atoms with Crippen molar-refractivity contribution < 1.29 is 22.4 Å². The molecule has 26 heavy (non-hydrogen) atoms. The average Bonchev–Trinajstić information content (AvgIpc) is 3.31. The summed E-state index contributed by atoms with van der Waals surface area (Å²) in [5.41, 5.74) is 0.535. The SMILES string of the molecule is O=C(NC1CC2CCC1N2)c1ccc(Sc2ccc(C(F)(F)F)o2)cc1. The van der Waals surface area contributed by atoms with E-state index in [4.69, 9.17) is 4.42 Å². The Kier molecular flexibility index (Phi) is 4.48. The van der Waals surface area contributed by atoms with Gasteiger partial charge in [0.05, 0.1) is 0 Å². The summed E-state index contributed by atoms with van der Waals surface area (Å²) in [5.74, 6) is -1.14. The van der Waals surface area contributed by atoms with Crippen molar-refractivity contribution in [1.29, 1.82) is 0 Å². The van der Waals surface area contributed by atoms with Crippen LogP contribution in [0.1, 0.15) is 35.4 Å². The van der Waals surface area contributed by atoms with Crippen LogP contribution in [0.3, 0.4) is 0 Å². The number of alkyl halides is 3. The number of carbonyl (C=O) groups excluding carboxylic acids is 1. The number of hydrogen-bond acceptors (Lipinski definition) is 4. The van der Waals surface area contributed by atoms with Gasteiger partial charge in [0, 0.05) is 28.6 Å². The maximum atomic E-state index is 12.6. The Morgan fingerprint density at radius 2 is 1.92 bits per heavy atom. The highest BCUT2D eigenvalue weighted by Gasteiger charge is 2.39. The fourth-order valence-electron chi connectivity index (χ4n) is 3.55. The molecule has 2 aliphatic heterocycles. The van der Waals surface area contributed by atoms with Crippen LogP contribution in [-0.2, 0) is 6.18 Å². The maximum absolute atomic E-state index is 12.6. The first-order valence-corrected chi connectivity index (χ1v) is 9.22. The molecule has 3 atom stereocenters. The lowest BCUT2D eigenvalue weighted by atomic mass is 9.95. The number of nitrogens with one attached hydrogen (secondary N) is 2. The summed E-state index contributed by atoms with van der Waals surface area (Å²) in [4.78, 5) is 13.1. The van der Waals surface area contributed by atoms with Crippen molar-refractivity contribution >= 4 is 17.7 Å². The lowest BCUT2D eigenvalue weighted by Crippen LogP contribution is -2.42. The van der Waals surface area contributed by atoms with E-state index in [0.717, 1.165) is 30.7 Å². The monoisotopic (exact) mass is 382 g/mol. The number of carbonyl (C=O) groups is 1. The lowest BCUT2D eigenvalue weighted by Gasteiger charge is -2.21. The van der Waals surface area contributed by atoms with Crippen LogP contribution in [-0.4, -0.2) is 24.0 Å². The molecule has 0 radical (unpaired) electrons. The zero-order valence-corrected chi connectivity index (χ0v) is 14.5. The van der Waals surface area contributed by atoms with Crippen LogP contribution in [0.15, 0.2) is 50.8 Å². The quantitative estimate of drug-likeness (QED) is 0.837. The molecule has 2 N–H and O–H groups in total. The molecule has 4 nitrogen and oxygen atoms in total. The number of rotatable bonds is 4. The van der Waals surface area contributed by atoms with E-state index in [2.05, 4.69) is 10.6 Å². The molecular formula is C18H17F3N2O2S. The molecule has 0 saturated carbocycles. The molecule has 1 aromatic carbocycles. The predicted molar refractivity (Wildman–Crippen MR) is 90.1 cm³/mol. The number of hydrogen-bond donors (Lipinski definition) is 2. The molecule has 3 heterocycles. The minimum atomic E-state index is -4.49. The van der Waals surface area contributed by atoms with Gasteiger partial charge in [-0.25, -0.2) is 0 Å². The number of fused-ring (bicyclic) bond motifs is 2. The topological polar surface area (TPSA) is 54.3 Å². The Balaban J connectivity index is 1.37. The molecule has 8 heteroatoms. The zero-order chi connectivity index (χ0) is 18.3. The summed E-state index contributed by atoms with van der Waals surface area (Å²) in [6.45, 7) is 0. The smallest absolute Gasteiger partial charge is 0.445 e. The number of benzene rings is 1. The van der Waals surface area contributed by atoms with E-state index in [9.17, 15) is 18.0 Å². The van der Waals surface area contributed by atoms with Crippen LogP contribution >= 0.6 is 11.8 Å². The highest BCUT2D eigenvalue weighted by atomic mass is 32.2. The summed E-state index contributed by atoms with van der Waals surface area (Å²) in [6, 6.07) is 9.99. The summed E-state index contributed by atoms with van der Waals surface area (Å²) >= 11 is 1.08. The van der Waals surface area contributed by atoms with Crippen LogP contribution in [0.5, 0.6) is 0 Å². The average molecular weight is 382 g/mol. The normalized spacial score (nSPS) is 24.8. The third-order valence-corrected chi connectivity index (χ3v) is 5.74. The third kappa shape index (κ3) is 3.61. The van der Waals surface area contributed by atoms with Crippen LogP contribution in [0.2, 0.25) is 0 Å². The molecule has 3 unspecified atom stereocenters. The second kappa shape index (κ2) is 6.66. The highest BCUT2D eigenvalue weighted by Crippen LogP contribution is 2.36. The van der Waals surface area contributed by atoms with E-state index in [1.54, 1.807) is 24.3 Å². The van der Waals surface area contributed by atoms with Crippen molar-refractivity contribution in [3.63, 3.8) is 0 Å². The van der Waals surface area contributed by atoms with E-state index in [-0.39, 0.29) is 17.0 Å². The third-order valence-electron chi connectivity index (χ3n) is 4.81. The zero-order valence-electron chi connectivity index (χ0n) is 13.7. The van der Waals surface area contributed by atoms with E-state index in [0.29, 0.717) is 22.5 Å². The largest absolute Gasteiger partial charge is 0.449 e. The first-order chi connectivity index (χ1) is 12.4. The maximum Gasteiger partial charge on any atom is 0.449 e. The van der Waals surface area contributed by atoms with Crippen LogP contribution in [0.25, 0.3) is 0 Å². The minimum absolute atomic E-state index is 0.127. The summed E-state index contributed by atoms with van der Waals surface area (Å²) < 4.78 is 42.5. The first kappa shape index (κ1) is 17.5. The number of amides is 1. The molecule has 2 saturated heterocycles. The fourth-order valence-corrected chi connectivity index (χ4v) is 4.33. The van der Waals surface area contributed by atoms with Gasteiger partial charge in [-0.1, -0.05) is 11.8 Å². The van der Waals surface area contributed by atoms with Gasteiger partial charge in [-0.3, -0.25) is 4.79 Å². The van der Waals surface area contributed by atoms with Crippen molar-refractivity contribution in [3.05, 3.63) is 47.7 Å². The van der Waals surface area contributed by atoms with Crippen LogP contribution in [0, 0.1) is 0 Å². The van der Waals surface area contributed by atoms with Gasteiger partial charge < -0.3 is 15.1 Å². The van der Waals surface area contributed by atoms with E-state index in [1.807, 2.05) is 0 Å². The Bertz CT molecular complexity index is 804. The van der Waals surface area contributed by atoms with Gasteiger partial charge in [0.15, 0.2) is 5.09 Å². The molecule has 4 rings (SSSR count). The Morgan fingerprint density at radius 1 is 1.15 bits per heavy atom. The van der Waals surface area contributed by atoms with Gasteiger partial charge in [0.2, 0.25) is 5.76 Å². The highest BCUT2D eigenvalue weighted by molar-refractivity contribution is 7.99. The Labute approximate surface area is 152 Å². The van der Waals surface area contributed by atoms with Gasteiger partial charge in [-0.2, -0.15) is 13.2 Å². The van der Waals surface area contributed by atoms with Gasteiger partial charge in [0.25, 0.3) is 5.91 Å². The molecular weight excluding hydrogens is 365 g/mol. The van der Waals surface area contributed by atoms with Gasteiger partial charge in [-0.05, 0) is 55.7 Å². The van der Waals surface area contributed by atoms with Crippen molar-refractivity contribution in [2.24, 2.45) is 0 Å². The molecule has 2 bridgehead atoms. The molecule has 2 aromatic rings. The standard InChI is InChI=1S/C18H17F3N2O2S/c19-18(20,21)15-7-8-16(25-15)26-12-4-1-10(2-5-12)17(24)23-14-9-11-3-6-13(14)22-11/h1-2,4-5,7-8,11,13-14,22H,3,6,9H2,(H,23,24). The van der Waals surface area contributed by atoms with E-state index >= 15 is 0 Å². The van der Waals surface area contributed by atoms with Crippen molar-refractivity contribution in [1.82, 2.24) is 10.6 Å². The predicted octanol–water partition coefficient (Wildman–Crippen LogP) is 4.07. The minimum Gasteiger partial charge on any atom is -0.445 e. The van der Waals surface area contributed by atoms with Crippen LogP contribution in [0.4, 0.5) is 13.2 Å². The van der Waals surface area contributed by atoms with Crippen molar-refractivity contribution in [2.75, 3.05) is 0 Å². The molecule has 2 fully saturated rings. The van der Waals surface area contributed by atoms with Gasteiger partial charge >= 0.3 is 6.18 Å². The van der Waals surface area contributed by atoms with Crippen molar-refractivity contribution in [3.8, 4) is 0 Å². The van der Waals surface area contributed by atoms with Gasteiger partial charge in [-0.15, -0.1) is 0 Å². The number of halogens is 3. The lowest BCUT2D eigenvalue weighted by molar-refractivity contribution is -0.154. The molecule has 138 valence electrons. The molecule has 1 aromatic heterocycles. The summed E-state index contributed by atoms with van der Waals surface area (Å²) in [6.07, 6.45) is -1.26. The van der Waals surface area contributed by atoms with Crippen LogP contribution < -0.4 is 10.6 Å². The molecule has 0 spiro atoms. The molecule has 1 amide bonds. The summed E-state index contributed by atoms with van der Waals surface area (Å²) in [5, 5.41) is 6.69. The van der Waals surface area contributed by atoms with E-state index in [1.165, 1.54) is 12.5 Å². The fraction of sp³-hybridized carbons (Fsp3) is 0.389. The summed E-state index contributed by atoms with van der Waals surface area (Å²) in [7, 11) is 0.